The molecule has 0 aromatic carbocycles. The fourth-order valence-corrected chi connectivity index (χ4v) is 1.76. The Kier molecular flexibility index (Phi) is 3.36. The molecule has 1 aliphatic heterocycles. The van der Waals surface area contributed by atoms with E-state index in [-0.39, 0.29) is 11.1 Å². The van der Waals surface area contributed by atoms with Gasteiger partial charge in [-0.05, 0) is 6.42 Å². The number of hydrogen-bond donors (Lipinski definition) is 3. The highest BCUT2D eigenvalue weighted by Gasteiger charge is 2.17. The Morgan fingerprint density at radius 3 is 2.83 bits per heavy atom. The van der Waals surface area contributed by atoms with Crippen LogP contribution in [0.5, 0.6) is 0 Å². The maximum Gasteiger partial charge on any atom is 0.193 e. The van der Waals surface area contributed by atoms with Crippen LogP contribution >= 0.6 is 11.8 Å². The van der Waals surface area contributed by atoms with Crippen molar-refractivity contribution in [1.82, 2.24) is 0 Å². The first-order chi connectivity index (χ1) is 5.68. The van der Waals surface area contributed by atoms with Crippen molar-refractivity contribution in [3.05, 3.63) is 0 Å². The summed E-state index contributed by atoms with van der Waals surface area (Å²) in [7, 11) is 0. The summed E-state index contributed by atoms with van der Waals surface area (Å²) < 4.78 is 5.13. The SMILES string of the molecule is N=C(N=C(N)N)SC1CCOC1. The molecular weight excluding hydrogens is 176 g/mol. The predicted octanol–water partition coefficient (Wildman–Crippen LogP) is -0.283. The molecule has 1 heterocycles. The second-order valence-electron chi connectivity index (χ2n) is 2.45. The van der Waals surface area contributed by atoms with E-state index in [2.05, 4.69) is 4.99 Å². The number of hydrogen-bond acceptors (Lipinski definition) is 3. The molecule has 12 heavy (non-hydrogen) atoms. The lowest BCUT2D eigenvalue weighted by molar-refractivity contribution is 0.199. The molecule has 0 saturated carbocycles. The van der Waals surface area contributed by atoms with Crippen LogP contribution in [-0.2, 0) is 4.74 Å². The number of nitrogens with two attached hydrogens (primary N) is 2. The minimum Gasteiger partial charge on any atom is -0.380 e. The van der Waals surface area contributed by atoms with Gasteiger partial charge in [-0.1, -0.05) is 11.8 Å². The van der Waals surface area contributed by atoms with Crippen LogP contribution in [0.1, 0.15) is 6.42 Å². The number of guanidine groups is 1. The van der Waals surface area contributed by atoms with E-state index in [0.29, 0.717) is 11.9 Å². The topological polar surface area (TPSA) is 97.5 Å². The molecule has 0 aliphatic carbocycles. The summed E-state index contributed by atoms with van der Waals surface area (Å²) in [5.74, 6) is -0.0635. The van der Waals surface area contributed by atoms with Crippen LogP contribution in [0.15, 0.2) is 4.99 Å². The van der Waals surface area contributed by atoms with E-state index in [1.54, 1.807) is 0 Å². The van der Waals surface area contributed by atoms with Gasteiger partial charge in [-0.2, -0.15) is 4.99 Å². The molecule has 68 valence electrons. The van der Waals surface area contributed by atoms with Gasteiger partial charge >= 0.3 is 0 Å². The number of ether oxygens (including phenoxy) is 1. The Balaban J connectivity index is 2.30. The number of amidine groups is 1. The minimum atomic E-state index is -0.0635. The molecule has 0 bridgehead atoms. The largest absolute Gasteiger partial charge is 0.380 e. The molecule has 1 saturated heterocycles. The van der Waals surface area contributed by atoms with Crippen LogP contribution < -0.4 is 11.5 Å². The van der Waals surface area contributed by atoms with Gasteiger partial charge in [0.2, 0.25) is 0 Å². The van der Waals surface area contributed by atoms with Crippen molar-refractivity contribution in [2.24, 2.45) is 16.5 Å². The Bertz CT molecular complexity index is 196. The number of nitrogens with one attached hydrogen (secondary N) is 1. The van der Waals surface area contributed by atoms with Crippen molar-refractivity contribution in [2.75, 3.05) is 13.2 Å². The molecule has 0 aromatic rings. The maximum absolute atomic E-state index is 7.34. The normalized spacial score (nSPS) is 22.2. The molecule has 5 N–H and O–H groups in total. The zero-order valence-corrected chi connectivity index (χ0v) is 7.43. The van der Waals surface area contributed by atoms with Gasteiger partial charge in [0.1, 0.15) is 0 Å². The highest BCUT2D eigenvalue weighted by Crippen LogP contribution is 2.21. The van der Waals surface area contributed by atoms with E-state index in [1.807, 2.05) is 0 Å². The van der Waals surface area contributed by atoms with E-state index in [1.165, 1.54) is 11.8 Å². The van der Waals surface area contributed by atoms with Gasteiger partial charge in [-0.3, -0.25) is 5.41 Å². The van der Waals surface area contributed by atoms with Gasteiger partial charge in [-0.25, -0.2) is 0 Å². The van der Waals surface area contributed by atoms with Crippen molar-refractivity contribution < 1.29 is 4.74 Å². The Labute approximate surface area is 75.1 Å². The zero-order valence-electron chi connectivity index (χ0n) is 6.62. The van der Waals surface area contributed by atoms with Crippen molar-refractivity contribution in [1.29, 1.82) is 5.41 Å². The second kappa shape index (κ2) is 4.32. The third-order valence-electron chi connectivity index (χ3n) is 1.40. The van der Waals surface area contributed by atoms with Gasteiger partial charge in [0, 0.05) is 11.9 Å². The van der Waals surface area contributed by atoms with Gasteiger partial charge in [0.05, 0.1) is 6.61 Å². The number of nitrogens with zero attached hydrogens (tertiary/aromatic N) is 1. The van der Waals surface area contributed by atoms with Gasteiger partial charge in [0.15, 0.2) is 11.1 Å². The summed E-state index contributed by atoms with van der Waals surface area (Å²) in [6.07, 6.45) is 0.965. The molecule has 1 aliphatic rings. The molecule has 0 radical (unpaired) electrons. The summed E-state index contributed by atoms with van der Waals surface area (Å²) in [6, 6.07) is 0. The monoisotopic (exact) mass is 188 g/mol. The lowest BCUT2D eigenvalue weighted by atomic mass is 10.4. The highest BCUT2D eigenvalue weighted by molar-refractivity contribution is 8.14. The van der Waals surface area contributed by atoms with Crippen molar-refractivity contribution in [3.8, 4) is 0 Å². The molecule has 0 spiro atoms. The fourth-order valence-electron chi connectivity index (χ4n) is 0.907. The van der Waals surface area contributed by atoms with Crippen molar-refractivity contribution >= 4 is 22.9 Å². The minimum absolute atomic E-state index is 0.0635. The summed E-state index contributed by atoms with van der Waals surface area (Å²) in [4.78, 5) is 3.60. The van der Waals surface area contributed by atoms with Crippen LogP contribution in [0, 0.1) is 5.41 Å². The fraction of sp³-hybridized carbons (Fsp3) is 0.667. The van der Waals surface area contributed by atoms with Crippen molar-refractivity contribution in [2.45, 2.75) is 11.7 Å². The Morgan fingerprint density at radius 1 is 1.58 bits per heavy atom. The van der Waals surface area contributed by atoms with Crippen LogP contribution in [0.3, 0.4) is 0 Å². The summed E-state index contributed by atoms with van der Waals surface area (Å²) in [5, 5.41) is 7.84. The summed E-state index contributed by atoms with van der Waals surface area (Å²) in [6.45, 7) is 1.46. The second-order valence-corrected chi connectivity index (χ2v) is 3.73. The van der Waals surface area contributed by atoms with E-state index in [9.17, 15) is 0 Å². The molecule has 1 atom stereocenters. The average Bonchev–Trinajstić information content (AvgIpc) is 2.37. The first-order valence-corrected chi connectivity index (χ1v) is 4.49. The van der Waals surface area contributed by atoms with Crippen LogP contribution in [0.2, 0.25) is 0 Å². The Morgan fingerprint density at radius 2 is 2.33 bits per heavy atom. The van der Waals surface area contributed by atoms with Gasteiger partial charge in [-0.15, -0.1) is 0 Å². The average molecular weight is 188 g/mol. The summed E-state index contributed by atoms with van der Waals surface area (Å²) in [5.41, 5.74) is 10.2. The molecule has 5 nitrogen and oxygen atoms in total. The molecule has 1 fully saturated rings. The third kappa shape index (κ3) is 3.10. The van der Waals surface area contributed by atoms with E-state index < -0.39 is 0 Å². The predicted molar refractivity (Wildman–Crippen MR) is 50.4 cm³/mol. The van der Waals surface area contributed by atoms with Crippen LogP contribution in [0.25, 0.3) is 0 Å². The number of rotatable bonds is 1. The lowest BCUT2D eigenvalue weighted by Gasteiger charge is -2.03. The highest BCUT2D eigenvalue weighted by atomic mass is 32.2. The molecular formula is C6H12N4OS. The Hall–Kier alpha value is -0.750. The standard InChI is InChI=1S/C6H12N4OS/c7-5(8)10-6(9)12-4-1-2-11-3-4/h4H,1-3H2,(H5,7,8,9,10). The van der Waals surface area contributed by atoms with E-state index in [4.69, 9.17) is 21.6 Å². The molecule has 0 amide bonds. The first-order valence-electron chi connectivity index (χ1n) is 3.61. The molecule has 1 rings (SSSR count). The molecule has 6 heteroatoms. The molecule has 1 unspecified atom stereocenters. The van der Waals surface area contributed by atoms with Crippen LogP contribution in [0.4, 0.5) is 0 Å². The van der Waals surface area contributed by atoms with Gasteiger partial charge < -0.3 is 16.2 Å². The van der Waals surface area contributed by atoms with Crippen LogP contribution in [-0.4, -0.2) is 29.6 Å². The van der Waals surface area contributed by atoms with E-state index in [0.717, 1.165) is 13.0 Å². The summed E-state index contributed by atoms with van der Waals surface area (Å²) >= 11 is 1.35. The number of aliphatic imine (C=N–C) groups is 1. The molecule has 0 aromatic heterocycles. The zero-order chi connectivity index (χ0) is 8.97. The smallest absolute Gasteiger partial charge is 0.193 e. The quantitative estimate of drug-likeness (QED) is 0.389. The lowest BCUT2D eigenvalue weighted by Crippen LogP contribution is -2.24. The number of thioether (sulfide) groups is 1. The van der Waals surface area contributed by atoms with Gasteiger partial charge in [0.25, 0.3) is 0 Å². The van der Waals surface area contributed by atoms with Crippen molar-refractivity contribution in [3.63, 3.8) is 0 Å². The maximum atomic E-state index is 7.34. The third-order valence-corrected chi connectivity index (χ3v) is 2.42. The van der Waals surface area contributed by atoms with E-state index >= 15 is 0 Å². The first kappa shape index (κ1) is 9.34.